The molecule has 0 radical (unpaired) electrons. The Hall–Kier alpha value is -0.810. The van der Waals surface area contributed by atoms with Crippen molar-refractivity contribution in [1.29, 1.82) is 0 Å². The van der Waals surface area contributed by atoms with Gasteiger partial charge in [0, 0.05) is 11.6 Å². The highest BCUT2D eigenvalue weighted by Crippen LogP contribution is 2.37. The van der Waals surface area contributed by atoms with Gasteiger partial charge in [0.05, 0.1) is 27.7 Å². The van der Waals surface area contributed by atoms with Crippen molar-refractivity contribution >= 4 is 39.1 Å². The first kappa shape index (κ1) is 15.6. The molecule has 0 bridgehead atoms. The van der Waals surface area contributed by atoms with Crippen LogP contribution in [-0.4, -0.2) is 7.11 Å². The van der Waals surface area contributed by atoms with Crippen molar-refractivity contribution in [1.82, 2.24) is 0 Å². The fraction of sp³-hybridized carbons (Fsp3) is 0.143. The zero-order chi connectivity index (χ0) is 14.9. The van der Waals surface area contributed by atoms with Crippen LogP contribution in [0.1, 0.15) is 17.2 Å². The van der Waals surface area contributed by atoms with Crippen LogP contribution in [-0.2, 0) is 0 Å². The van der Waals surface area contributed by atoms with Crippen LogP contribution in [0.4, 0.5) is 4.39 Å². The predicted octanol–water partition coefficient (Wildman–Crippen LogP) is 4.95. The van der Waals surface area contributed by atoms with Crippen molar-refractivity contribution in [3.05, 3.63) is 61.8 Å². The number of hydrogen-bond acceptors (Lipinski definition) is 2. The molecule has 2 aromatic carbocycles. The second-order valence-electron chi connectivity index (χ2n) is 4.13. The summed E-state index contributed by atoms with van der Waals surface area (Å²) >= 11 is 15.3. The second-order valence-corrected chi connectivity index (χ2v) is 5.77. The first-order chi connectivity index (χ1) is 9.45. The molecule has 0 saturated heterocycles. The van der Waals surface area contributed by atoms with Crippen molar-refractivity contribution in [2.75, 3.05) is 7.11 Å². The molecule has 20 heavy (non-hydrogen) atoms. The van der Waals surface area contributed by atoms with Crippen LogP contribution in [0.3, 0.4) is 0 Å². The molecule has 1 unspecified atom stereocenters. The van der Waals surface area contributed by atoms with E-state index in [1.807, 2.05) is 0 Å². The van der Waals surface area contributed by atoms with Gasteiger partial charge in [-0.05, 0) is 33.6 Å². The Morgan fingerprint density at radius 2 is 1.95 bits per heavy atom. The summed E-state index contributed by atoms with van der Waals surface area (Å²) in [4.78, 5) is 0. The molecule has 2 aromatic rings. The van der Waals surface area contributed by atoms with E-state index in [2.05, 4.69) is 15.9 Å². The Morgan fingerprint density at radius 3 is 2.60 bits per heavy atom. The Bertz CT molecular complexity index is 651. The van der Waals surface area contributed by atoms with E-state index in [-0.39, 0.29) is 0 Å². The van der Waals surface area contributed by atoms with Gasteiger partial charge in [0.15, 0.2) is 0 Å². The third kappa shape index (κ3) is 2.93. The highest BCUT2D eigenvalue weighted by molar-refractivity contribution is 9.10. The molecule has 0 spiro atoms. The van der Waals surface area contributed by atoms with E-state index in [4.69, 9.17) is 33.7 Å². The lowest BCUT2D eigenvalue weighted by atomic mass is 9.98. The van der Waals surface area contributed by atoms with Gasteiger partial charge in [-0.15, -0.1) is 0 Å². The smallest absolute Gasteiger partial charge is 0.141 e. The van der Waals surface area contributed by atoms with Gasteiger partial charge in [-0.25, -0.2) is 4.39 Å². The van der Waals surface area contributed by atoms with E-state index in [1.54, 1.807) is 24.3 Å². The normalized spacial score (nSPS) is 12.3. The fourth-order valence-corrected chi connectivity index (χ4v) is 2.68. The van der Waals surface area contributed by atoms with Crippen LogP contribution in [0.25, 0.3) is 0 Å². The van der Waals surface area contributed by atoms with Gasteiger partial charge < -0.3 is 10.5 Å². The first-order valence-corrected chi connectivity index (χ1v) is 7.23. The lowest BCUT2D eigenvalue weighted by Gasteiger charge is -2.18. The number of rotatable bonds is 3. The van der Waals surface area contributed by atoms with Crippen molar-refractivity contribution in [2.45, 2.75) is 6.04 Å². The Kier molecular flexibility index (Phi) is 4.91. The number of methoxy groups -OCH3 is 1. The van der Waals surface area contributed by atoms with Crippen LogP contribution in [0, 0.1) is 5.82 Å². The Labute approximate surface area is 134 Å². The molecular formula is C14H11BrCl2FNO. The zero-order valence-corrected chi connectivity index (χ0v) is 13.6. The largest absolute Gasteiger partial charge is 0.496 e. The minimum Gasteiger partial charge on any atom is -0.496 e. The number of benzene rings is 2. The van der Waals surface area contributed by atoms with Gasteiger partial charge in [-0.3, -0.25) is 0 Å². The summed E-state index contributed by atoms with van der Waals surface area (Å²) in [6.45, 7) is 0. The Morgan fingerprint density at radius 1 is 1.25 bits per heavy atom. The summed E-state index contributed by atoms with van der Waals surface area (Å²) < 4.78 is 19.0. The van der Waals surface area contributed by atoms with Crippen molar-refractivity contribution in [2.24, 2.45) is 5.73 Å². The van der Waals surface area contributed by atoms with E-state index in [0.717, 1.165) is 0 Å². The highest BCUT2D eigenvalue weighted by Gasteiger charge is 2.20. The van der Waals surface area contributed by atoms with Gasteiger partial charge in [-0.1, -0.05) is 35.3 Å². The van der Waals surface area contributed by atoms with E-state index >= 15 is 0 Å². The summed E-state index contributed by atoms with van der Waals surface area (Å²) in [5.41, 5.74) is 7.48. The fourth-order valence-electron chi connectivity index (χ4n) is 1.89. The molecule has 0 aromatic heterocycles. The van der Waals surface area contributed by atoms with E-state index in [0.29, 0.717) is 31.4 Å². The van der Waals surface area contributed by atoms with Gasteiger partial charge in [0.2, 0.25) is 0 Å². The maximum Gasteiger partial charge on any atom is 0.141 e. The monoisotopic (exact) mass is 377 g/mol. The first-order valence-electron chi connectivity index (χ1n) is 5.68. The summed E-state index contributed by atoms with van der Waals surface area (Å²) in [5.74, 6) is -0.0655. The number of ether oxygens (including phenoxy) is 1. The standard InChI is InChI=1S/C14H11BrCl2FNO/c1-20-12-6-11(18)9(15)5-8(12)14(19)7-3-2-4-10(16)13(7)17/h2-6,14H,19H2,1H3. The van der Waals surface area contributed by atoms with Crippen LogP contribution in [0.2, 0.25) is 10.0 Å². The van der Waals surface area contributed by atoms with Crippen molar-refractivity contribution < 1.29 is 9.13 Å². The number of nitrogens with two attached hydrogens (primary N) is 1. The predicted molar refractivity (Wildman–Crippen MR) is 83.1 cm³/mol. The third-order valence-electron chi connectivity index (χ3n) is 2.92. The maximum absolute atomic E-state index is 13.5. The summed E-state index contributed by atoms with van der Waals surface area (Å²) in [6, 6.07) is 7.49. The van der Waals surface area contributed by atoms with E-state index in [1.165, 1.54) is 13.2 Å². The molecular weight excluding hydrogens is 368 g/mol. The summed E-state index contributed by atoms with van der Waals surface area (Å²) in [7, 11) is 1.46. The van der Waals surface area contributed by atoms with Crippen molar-refractivity contribution in [3.63, 3.8) is 0 Å². The molecule has 2 nitrogen and oxygen atoms in total. The average Bonchev–Trinajstić information content (AvgIpc) is 2.43. The molecule has 0 saturated carbocycles. The molecule has 0 amide bonds. The molecule has 0 fully saturated rings. The average molecular weight is 379 g/mol. The molecule has 1 atom stereocenters. The van der Waals surface area contributed by atoms with Gasteiger partial charge in [-0.2, -0.15) is 0 Å². The summed E-state index contributed by atoms with van der Waals surface area (Å²) in [6.07, 6.45) is 0. The lowest BCUT2D eigenvalue weighted by molar-refractivity contribution is 0.404. The topological polar surface area (TPSA) is 35.2 Å². The molecule has 2 rings (SSSR count). The number of hydrogen-bond donors (Lipinski definition) is 1. The minimum absolute atomic E-state index is 0.307. The molecule has 6 heteroatoms. The van der Waals surface area contributed by atoms with Crippen LogP contribution < -0.4 is 10.5 Å². The van der Waals surface area contributed by atoms with Crippen LogP contribution >= 0.6 is 39.1 Å². The summed E-state index contributed by atoms with van der Waals surface area (Å²) in [5, 5.41) is 0.795. The molecule has 2 N–H and O–H groups in total. The van der Waals surface area contributed by atoms with Gasteiger partial charge in [0.1, 0.15) is 11.6 Å². The Balaban J connectivity index is 2.55. The van der Waals surface area contributed by atoms with Crippen LogP contribution in [0.15, 0.2) is 34.8 Å². The molecule has 106 valence electrons. The number of halogens is 4. The molecule has 0 aliphatic carbocycles. The highest BCUT2D eigenvalue weighted by atomic mass is 79.9. The van der Waals surface area contributed by atoms with E-state index < -0.39 is 11.9 Å². The maximum atomic E-state index is 13.5. The lowest BCUT2D eigenvalue weighted by Crippen LogP contribution is -2.14. The third-order valence-corrected chi connectivity index (χ3v) is 4.37. The second kappa shape index (κ2) is 6.31. The van der Waals surface area contributed by atoms with E-state index in [9.17, 15) is 4.39 Å². The van der Waals surface area contributed by atoms with Crippen molar-refractivity contribution in [3.8, 4) is 5.75 Å². The minimum atomic E-state index is -0.576. The SMILES string of the molecule is COc1cc(F)c(Br)cc1C(N)c1cccc(Cl)c1Cl. The van der Waals surface area contributed by atoms with Gasteiger partial charge in [0.25, 0.3) is 0 Å². The molecule has 0 aliphatic rings. The zero-order valence-electron chi connectivity index (χ0n) is 10.5. The van der Waals surface area contributed by atoms with Gasteiger partial charge >= 0.3 is 0 Å². The quantitative estimate of drug-likeness (QED) is 0.819. The molecule has 0 heterocycles. The molecule has 0 aliphatic heterocycles. The van der Waals surface area contributed by atoms with Crippen LogP contribution in [0.5, 0.6) is 5.75 Å².